The Hall–Kier alpha value is -0.570. The number of aliphatic hydroxyl groups is 1. The summed E-state index contributed by atoms with van der Waals surface area (Å²) in [6, 6.07) is 0.368. The highest BCUT2D eigenvalue weighted by Gasteiger charge is 2.40. The van der Waals surface area contributed by atoms with Crippen LogP contribution in [0.15, 0.2) is 0 Å². The van der Waals surface area contributed by atoms with Crippen LogP contribution in [0.1, 0.15) is 19.3 Å². The number of amides is 1. The summed E-state index contributed by atoms with van der Waals surface area (Å²) in [5, 5.41) is 8.96. The molecule has 2 heterocycles. The number of carbonyl (C=O) groups excluding carboxylic acids is 1. The van der Waals surface area contributed by atoms with E-state index in [2.05, 4.69) is 0 Å². The van der Waals surface area contributed by atoms with Gasteiger partial charge in [-0.25, -0.2) is 0 Å². The van der Waals surface area contributed by atoms with E-state index in [4.69, 9.17) is 5.11 Å². The average molecular weight is 155 g/mol. The van der Waals surface area contributed by atoms with Crippen LogP contribution >= 0.6 is 0 Å². The molecule has 0 aliphatic carbocycles. The SMILES string of the molecule is O=C1CC[C@H]2[C@H](CO)CCN12. The predicted octanol–water partition coefficient (Wildman–Crippen LogP) is -0.0104. The minimum absolute atomic E-state index is 0.244. The van der Waals surface area contributed by atoms with Gasteiger partial charge < -0.3 is 10.0 Å². The molecule has 2 fully saturated rings. The molecule has 0 unspecified atom stereocenters. The van der Waals surface area contributed by atoms with Crippen molar-refractivity contribution in [3.8, 4) is 0 Å². The molecule has 0 aromatic heterocycles. The van der Waals surface area contributed by atoms with Gasteiger partial charge in [0.2, 0.25) is 5.91 Å². The van der Waals surface area contributed by atoms with E-state index >= 15 is 0 Å². The topological polar surface area (TPSA) is 40.5 Å². The Morgan fingerprint density at radius 2 is 2.36 bits per heavy atom. The third-order valence-electron chi connectivity index (χ3n) is 2.89. The lowest BCUT2D eigenvalue weighted by atomic mass is 10.00. The molecule has 1 amide bonds. The third-order valence-corrected chi connectivity index (χ3v) is 2.89. The molecule has 11 heavy (non-hydrogen) atoms. The van der Waals surface area contributed by atoms with Crippen molar-refractivity contribution in [1.82, 2.24) is 4.90 Å². The largest absolute Gasteiger partial charge is 0.396 e. The van der Waals surface area contributed by atoms with Crippen LogP contribution in [0.3, 0.4) is 0 Å². The highest BCUT2D eigenvalue weighted by atomic mass is 16.3. The summed E-state index contributed by atoms with van der Waals surface area (Å²) in [5.74, 6) is 0.646. The van der Waals surface area contributed by atoms with Gasteiger partial charge in [-0.3, -0.25) is 4.79 Å². The highest BCUT2D eigenvalue weighted by Crippen LogP contribution is 2.32. The van der Waals surface area contributed by atoms with Gasteiger partial charge >= 0.3 is 0 Å². The first-order valence-corrected chi connectivity index (χ1v) is 4.23. The lowest BCUT2D eigenvalue weighted by molar-refractivity contribution is -0.128. The van der Waals surface area contributed by atoms with E-state index in [1.54, 1.807) is 0 Å². The standard InChI is InChI=1S/C8H13NO2/c10-5-6-3-4-9-7(6)1-2-8(9)11/h6-7,10H,1-5H2/t6-,7-/m0/s1. The van der Waals surface area contributed by atoms with Crippen LogP contribution in [0, 0.1) is 5.92 Å². The molecule has 2 saturated heterocycles. The Labute approximate surface area is 66.0 Å². The first-order chi connectivity index (χ1) is 5.33. The maximum atomic E-state index is 11.2. The number of nitrogens with zero attached hydrogens (tertiary/aromatic N) is 1. The fourth-order valence-electron chi connectivity index (χ4n) is 2.25. The lowest BCUT2D eigenvalue weighted by Crippen LogP contribution is -2.30. The molecular formula is C8H13NO2. The van der Waals surface area contributed by atoms with Crippen LogP contribution < -0.4 is 0 Å². The first-order valence-electron chi connectivity index (χ1n) is 4.23. The summed E-state index contributed by atoms with van der Waals surface area (Å²) >= 11 is 0. The minimum atomic E-state index is 0.244. The van der Waals surface area contributed by atoms with Crippen LogP contribution in [-0.2, 0) is 4.79 Å². The van der Waals surface area contributed by atoms with E-state index in [9.17, 15) is 4.79 Å². The molecule has 0 saturated carbocycles. The molecule has 62 valence electrons. The molecule has 2 aliphatic heterocycles. The minimum Gasteiger partial charge on any atom is -0.396 e. The van der Waals surface area contributed by atoms with E-state index in [0.29, 0.717) is 18.4 Å². The summed E-state index contributed by atoms with van der Waals surface area (Å²) in [4.78, 5) is 13.1. The summed E-state index contributed by atoms with van der Waals surface area (Å²) < 4.78 is 0. The quantitative estimate of drug-likeness (QED) is 0.578. The maximum Gasteiger partial charge on any atom is 0.222 e. The second kappa shape index (κ2) is 2.48. The van der Waals surface area contributed by atoms with Crippen LogP contribution in [0.5, 0.6) is 0 Å². The molecule has 3 nitrogen and oxygen atoms in total. The van der Waals surface area contributed by atoms with Crippen molar-refractivity contribution in [2.24, 2.45) is 5.92 Å². The summed E-state index contributed by atoms with van der Waals surface area (Å²) in [7, 11) is 0. The van der Waals surface area contributed by atoms with E-state index in [0.717, 1.165) is 19.4 Å². The number of hydrogen-bond donors (Lipinski definition) is 1. The molecule has 0 aromatic rings. The van der Waals surface area contributed by atoms with Crippen molar-refractivity contribution in [1.29, 1.82) is 0 Å². The molecule has 2 rings (SSSR count). The Kier molecular flexibility index (Phi) is 1.60. The van der Waals surface area contributed by atoms with Gasteiger partial charge in [0.1, 0.15) is 0 Å². The summed E-state index contributed by atoms with van der Waals surface area (Å²) in [6.07, 6.45) is 2.65. The van der Waals surface area contributed by atoms with E-state index in [1.807, 2.05) is 4.90 Å². The van der Waals surface area contributed by atoms with Crippen LogP contribution in [0.2, 0.25) is 0 Å². The second-order valence-electron chi connectivity index (χ2n) is 3.42. The van der Waals surface area contributed by atoms with Crippen molar-refractivity contribution >= 4 is 5.91 Å². The predicted molar refractivity (Wildman–Crippen MR) is 39.9 cm³/mol. The molecule has 2 aliphatic rings. The van der Waals surface area contributed by atoms with Gasteiger partial charge in [-0.15, -0.1) is 0 Å². The van der Waals surface area contributed by atoms with Crippen molar-refractivity contribution in [3.05, 3.63) is 0 Å². The van der Waals surface area contributed by atoms with E-state index in [1.165, 1.54) is 0 Å². The zero-order valence-electron chi connectivity index (χ0n) is 6.49. The number of hydrogen-bond acceptors (Lipinski definition) is 2. The molecule has 1 N–H and O–H groups in total. The van der Waals surface area contributed by atoms with Crippen molar-refractivity contribution in [2.45, 2.75) is 25.3 Å². The Bertz CT molecular complexity index is 181. The zero-order valence-corrected chi connectivity index (χ0v) is 6.49. The van der Waals surface area contributed by atoms with Gasteiger partial charge in [0.05, 0.1) is 0 Å². The monoisotopic (exact) mass is 155 g/mol. The maximum absolute atomic E-state index is 11.2. The molecule has 0 aromatic carbocycles. The number of aliphatic hydroxyl groups excluding tert-OH is 1. The summed E-state index contributed by atoms with van der Waals surface area (Å²) in [5.41, 5.74) is 0. The molecule has 3 heteroatoms. The number of fused-ring (bicyclic) bond motifs is 1. The van der Waals surface area contributed by atoms with Crippen LogP contribution in [0.4, 0.5) is 0 Å². The Morgan fingerprint density at radius 3 is 3.09 bits per heavy atom. The fourth-order valence-corrected chi connectivity index (χ4v) is 2.25. The van der Waals surface area contributed by atoms with Gasteiger partial charge in [-0.1, -0.05) is 0 Å². The third kappa shape index (κ3) is 0.948. The highest BCUT2D eigenvalue weighted by molar-refractivity contribution is 5.79. The number of carbonyl (C=O) groups is 1. The Morgan fingerprint density at radius 1 is 1.55 bits per heavy atom. The van der Waals surface area contributed by atoms with E-state index < -0.39 is 0 Å². The molecular weight excluding hydrogens is 142 g/mol. The van der Waals surface area contributed by atoms with Gasteiger partial charge in [-0.05, 0) is 12.8 Å². The second-order valence-corrected chi connectivity index (χ2v) is 3.42. The van der Waals surface area contributed by atoms with Crippen LogP contribution in [0.25, 0.3) is 0 Å². The zero-order chi connectivity index (χ0) is 7.84. The number of rotatable bonds is 1. The van der Waals surface area contributed by atoms with Crippen LogP contribution in [-0.4, -0.2) is 35.1 Å². The smallest absolute Gasteiger partial charge is 0.222 e. The van der Waals surface area contributed by atoms with Crippen molar-refractivity contribution in [3.63, 3.8) is 0 Å². The van der Waals surface area contributed by atoms with Gasteiger partial charge in [0.15, 0.2) is 0 Å². The lowest BCUT2D eigenvalue weighted by Gasteiger charge is -2.18. The van der Waals surface area contributed by atoms with Gasteiger partial charge in [0.25, 0.3) is 0 Å². The van der Waals surface area contributed by atoms with Crippen molar-refractivity contribution < 1.29 is 9.90 Å². The molecule has 0 radical (unpaired) electrons. The Balaban J connectivity index is 2.10. The fraction of sp³-hybridized carbons (Fsp3) is 0.875. The van der Waals surface area contributed by atoms with Gasteiger partial charge in [-0.2, -0.15) is 0 Å². The normalized spacial score (nSPS) is 36.5. The molecule has 0 spiro atoms. The summed E-state index contributed by atoms with van der Waals surface area (Å²) in [6.45, 7) is 1.11. The van der Waals surface area contributed by atoms with E-state index in [-0.39, 0.29) is 12.5 Å². The van der Waals surface area contributed by atoms with Crippen molar-refractivity contribution in [2.75, 3.05) is 13.2 Å². The van der Waals surface area contributed by atoms with Gasteiger partial charge in [0, 0.05) is 31.5 Å². The average Bonchev–Trinajstić information content (AvgIpc) is 2.53. The molecule has 2 atom stereocenters. The first kappa shape index (κ1) is 7.10. The molecule has 0 bridgehead atoms.